The first kappa shape index (κ1) is 18.0. The fourth-order valence-electron chi connectivity index (χ4n) is 2.54. The number of rotatable bonds is 6. The lowest BCUT2D eigenvalue weighted by molar-refractivity contribution is -0.117. The van der Waals surface area contributed by atoms with Gasteiger partial charge in [0.2, 0.25) is 15.9 Å². The first-order chi connectivity index (χ1) is 11.3. The summed E-state index contributed by atoms with van der Waals surface area (Å²) in [5.41, 5.74) is 2.08. The van der Waals surface area contributed by atoms with Crippen LogP contribution >= 0.6 is 0 Å². The van der Waals surface area contributed by atoms with Gasteiger partial charge in [0.25, 0.3) is 0 Å². The van der Waals surface area contributed by atoms with E-state index in [0.717, 1.165) is 21.8 Å². The third-order valence-electron chi connectivity index (χ3n) is 3.75. The summed E-state index contributed by atoms with van der Waals surface area (Å²) >= 11 is 0. The van der Waals surface area contributed by atoms with E-state index in [0.29, 0.717) is 12.2 Å². The quantitative estimate of drug-likeness (QED) is 0.808. The second kappa shape index (κ2) is 7.49. The summed E-state index contributed by atoms with van der Waals surface area (Å²) < 4.78 is 25.6. The minimum absolute atomic E-state index is 0.230. The Morgan fingerprint density at radius 3 is 2.12 bits per heavy atom. The van der Waals surface area contributed by atoms with E-state index >= 15 is 0 Å². The highest BCUT2D eigenvalue weighted by Gasteiger charge is 2.25. The highest BCUT2D eigenvalue weighted by molar-refractivity contribution is 7.92. The molecule has 0 aromatic heterocycles. The summed E-state index contributed by atoms with van der Waals surface area (Å²) in [6, 6.07) is 16.4. The number of anilines is 2. The Bertz CT molecular complexity index is 804. The van der Waals surface area contributed by atoms with Crippen molar-refractivity contribution in [3.05, 3.63) is 60.2 Å². The van der Waals surface area contributed by atoms with Gasteiger partial charge in [0.15, 0.2) is 0 Å². The van der Waals surface area contributed by atoms with Crippen LogP contribution in [0.3, 0.4) is 0 Å². The molecule has 0 aliphatic rings. The number of likely N-dealkylation sites (N-methyl/N-ethyl adjacent to an activating group) is 1. The van der Waals surface area contributed by atoms with Crippen molar-refractivity contribution in [3.63, 3.8) is 0 Å². The average molecular weight is 346 g/mol. The molecule has 2 aromatic rings. The van der Waals surface area contributed by atoms with Crippen LogP contribution in [0, 0.1) is 6.92 Å². The van der Waals surface area contributed by atoms with E-state index < -0.39 is 10.0 Å². The van der Waals surface area contributed by atoms with Crippen LogP contribution in [0.5, 0.6) is 0 Å². The van der Waals surface area contributed by atoms with Crippen LogP contribution in [-0.4, -0.2) is 33.7 Å². The Balaban J connectivity index is 2.33. The smallest absolute Gasteiger partial charge is 0.247 e. The topological polar surface area (TPSA) is 57.7 Å². The van der Waals surface area contributed by atoms with E-state index in [2.05, 4.69) is 0 Å². The summed E-state index contributed by atoms with van der Waals surface area (Å²) in [4.78, 5) is 14.3. The third-order valence-corrected chi connectivity index (χ3v) is 4.87. The highest BCUT2D eigenvalue weighted by Crippen LogP contribution is 2.23. The normalized spacial score (nSPS) is 11.1. The first-order valence-corrected chi connectivity index (χ1v) is 9.58. The molecule has 0 unspecified atom stereocenters. The molecule has 0 N–H and O–H groups in total. The number of benzene rings is 2. The maximum atomic E-state index is 12.7. The lowest BCUT2D eigenvalue weighted by atomic mass is 10.2. The predicted molar refractivity (Wildman–Crippen MR) is 97.8 cm³/mol. The number of carbonyl (C=O) groups is 1. The predicted octanol–water partition coefficient (Wildman–Crippen LogP) is 2.81. The van der Waals surface area contributed by atoms with Crippen molar-refractivity contribution in [2.75, 3.05) is 28.6 Å². The van der Waals surface area contributed by atoms with Gasteiger partial charge < -0.3 is 4.90 Å². The number of hydrogen-bond acceptors (Lipinski definition) is 3. The van der Waals surface area contributed by atoms with Crippen molar-refractivity contribution in [1.29, 1.82) is 0 Å². The summed E-state index contributed by atoms with van der Waals surface area (Å²) in [5.74, 6) is -0.266. The maximum Gasteiger partial charge on any atom is 0.247 e. The highest BCUT2D eigenvalue weighted by atomic mass is 32.2. The van der Waals surface area contributed by atoms with Crippen molar-refractivity contribution in [3.8, 4) is 0 Å². The zero-order valence-corrected chi connectivity index (χ0v) is 15.0. The van der Waals surface area contributed by atoms with E-state index in [-0.39, 0.29) is 12.5 Å². The van der Waals surface area contributed by atoms with E-state index in [4.69, 9.17) is 0 Å². The van der Waals surface area contributed by atoms with Gasteiger partial charge in [-0.05, 0) is 37.6 Å². The SMILES string of the molecule is CCN(C(=O)CN(c1ccccc1C)S(C)(=O)=O)c1ccccc1. The Kier molecular flexibility index (Phi) is 5.62. The standard InChI is InChI=1S/C18H22N2O3S/c1-4-19(16-11-6-5-7-12-16)18(21)14-20(24(3,22)23)17-13-9-8-10-15(17)2/h5-13H,4,14H2,1-3H3. The number of amides is 1. The van der Waals surface area contributed by atoms with Crippen LogP contribution in [0.1, 0.15) is 12.5 Å². The number of hydrogen-bond donors (Lipinski definition) is 0. The molecular formula is C18H22N2O3S. The van der Waals surface area contributed by atoms with Crippen molar-refractivity contribution in [2.24, 2.45) is 0 Å². The van der Waals surface area contributed by atoms with Gasteiger partial charge in [-0.15, -0.1) is 0 Å². The monoisotopic (exact) mass is 346 g/mol. The Hall–Kier alpha value is -2.34. The minimum atomic E-state index is -3.57. The molecule has 2 rings (SSSR count). The first-order valence-electron chi connectivity index (χ1n) is 7.73. The fourth-order valence-corrected chi connectivity index (χ4v) is 3.45. The van der Waals surface area contributed by atoms with Gasteiger partial charge in [0.1, 0.15) is 6.54 Å². The lowest BCUT2D eigenvalue weighted by Crippen LogP contribution is -2.43. The molecule has 0 bridgehead atoms. The van der Waals surface area contributed by atoms with Crippen molar-refractivity contribution < 1.29 is 13.2 Å². The van der Waals surface area contributed by atoms with E-state index in [1.54, 1.807) is 17.0 Å². The van der Waals surface area contributed by atoms with E-state index in [1.807, 2.05) is 56.3 Å². The van der Waals surface area contributed by atoms with E-state index in [1.165, 1.54) is 0 Å². The number of nitrogens with zero attached hydrogens (tertiary/aromatic N) is 2. The molecule has 1 amide bonds. The largest absolute Gasteiger partial charge is 0.311 e. The number of carbonyl (C=O) groups excluding carboxylic acids is 1. The second-order valence-electron chi connectivity index (χ2n) is 5.53. The molecule has 0 saturated heterocycles. The third kappa shape index (κ3) is 4.14. The van der Waals surface area contributed by atoms with Gasteiger partial charge in [-0.2, -0.15) is 0 Å². The fraction of sp³-hybridized carbons (Fsp3) is 0.278. The van der Waals surface area contributed by atoms with Crippen LogP contribution in [0.2, 0.25) is 0 Å². The van der Waals surface area contributed by atoms with Gasteiger partial charge in [-0.3, -0.25) is 9.10 Å². The van der Waals surface area contributed by atoms with Crippen molar-refractivity contribution >= 4 is 27.3 Å². The van der Waals surface area contributed by atoms with Crippen molar-refractivity contribution in [2.45, 2.75) is 13.8 Å². The van der Waals surface area contributed by atoms with E-state index in [9.17, 15) is 13.2 Å². The van der Waals surface area contributed by atoms with Crippen LogP contribution in [0.25, 0.3) is 0 Å². The molecule has 0 saturated carbocycles. The Morgan fingerprint density at radius 1 is 1.00 bits per heavy atom. The van der Waals surface area contributed by atoms with Gasteiger partial charge in [0, 0.05) is 12.2 Å². The molecule has 5 nitrogen and oxygen atoms in total. The zero-order valence-electron chi connectivity index (χ0n) is 14.1. The molecule has 0 fully saturated rings. The van der Waals surface area contributed by atoms with Gasteiger partial charge in [-0.1, -0.05) is 36.4 Å². The molecule has 0 atom stereocenters. The summed E-state index contributed by atoms with van der Waals surface area (Å²) in [6.07, 6.45) is 1.12. The van der Waals surface area contributed by atoms with Crippen LogP contribution < -0.4 is 9.21 Å². The Morgan fingerprint density at radius 2 is 1.58 bits per heavy atom. The summed E-state index contributed by atoms with van der Waals surface area (Å²) in [5, 5.41) is 0. The minimum Gasteiger partial charge on any atom is -0.311 e. The molecule has 6 heteroatoms. The van der Waals surface area contributed by atoms with Gasteiger partial charge in [0.05, 0.1) is 11.9 Å². The molecule has 0 spiro atoms. The number of para-hydroxylation sites is 2. The van der Waals surface area contributed by atoms with Crippen LogP contribution in [-0.2, 0) is 14.8 Å². The number of sulfonamides is 1. The average Bonchev–Trinajstić information content (AvgIpc) is 2.54. The molecule has 2 aromatic carbocycles. The molecule has 0 aliphatic carbocycles. The Labute approximate surface area is 143 Å². The molecule has 128 valence electrons. The molecule has 24 heavy (non-hydrogen) atoms. The number of aryl methyl sites for hydroxylation is 1. The summed E-state index contributed by atoms with van der Waals surface area (Å²) in [6.45, 7) is 3.93. The lowest BCUT2D eigenvalue weighted by Gasteiger charge is -2.27. The molecule has 0 radical (unpaired) electrons. The van der Waals surface area contributed by atoms with Gasteiger partial charge >= 0.3 is 0 Å². The van der Waals surface area contributed by atoms with Crippen molar-refractivity contribution in [1.82, 2.24) is 0 Å². The zero-order chi connectivity index (χ0) is 17.7. The molecular weight excluding hydrogens is 324 g/mol. The van der Waals surface area contributed by atoms with Gasteiger partial charge in [-0.25, -0.2) is 8.42 Å². The summed E-state index contributed by atoms with van der Waals surface area (Å²) in [7, 11) is -3.57. The molecule has 0 heterocycles. The van der Waals surface area contributed by atoms with Crippen LogP contribution in [0.4, 0.5) is 11.4 Å². The molecule has 0 aliphatic heterocycles. The second-order valence-corrected chi connectivity index (χ2v) is 7.44. The van der Waals surface area contributed by atoms with Crippen LogP contribution in [0.15, 0.2) is 54.6 Å². The maximum absolute atomic E-state index is 12.7.